The molecule has 0 fully saturated rings. The maximum atomic E-state index is 4.69. The SMILES string of the molecule is C=CCCCN(C)C(=NCCc1ncc(CC)s1)NCC. The summed E-state index contributed by atoms with van der Waals surface area (Å²) in [6, 6.07) is 0. The smallest absolute Gasteiger partial charge is 0.193 e. The first kappa shape index (κ1) is 17.7. The summed E-state index contributed by atoms with van der Waals surface area (Å²) in [7, 11) is 2.09. The topological polar surface area (TPSA) is 40.5 Å². The van der Waals surface area contributed by atoms with E-state index >= 15 is 0 Å². The molecule has 0 unspecified atom stereocenters. The normalized spacial score (nSPS) is 11.5. The Morgan fingerprint density at radius 1 is 1.52 bits per heavy atom. The van der Waals surface area contributed by atoms with Gasteiger partial charge in [0.1, 0.15) is 0 Å². The van der Waals surface area contributed by atoms with Crippen LogP contribution in [0.25, 0.3) is 0 Å². The zero-order chi connectivity index (χ0) is 15.5. The minimum absolute atomic E-state index is 0.783. The molecular formula is C16H28N4S. The molecule has 1 aromatic rings. The molecule has 0 aliphatic carbocycles. The van der Waals surface area contributed by atoms with Gasteiger partial charge in [-0.05, 0) is 26.2 Å². The van der Waals surface area contributed by atoms with E-state index in [2.05, 4.69) is 42.7 Å². The van der Waals surface area contributed by atoms with Crippen molar-refractivity contribution in [1.82, 2.24) is 15.2 Å². The highest BCUT2D eigenvalue weighted by Gasteiger charge is 2.05. The first-order valence-corrected chi connectivity index (χ1v) is 8.56. The second-order valence-corrected chi connectivity index (χ2v) is 6.11. The minimum Gasteiger partial charge on any atom is -0.357 e. The average Bonchev–Trinajstić information content (AvgIpc) is 2.94. The second kappa shape index (κ2) is 10.4. The molecule has 0 aromatic carbocycles. The number of guanidine groups is 1. The van der Waals surface area contributed by atoms with Crippen LogP contribution < -0.4 is 5.32 Å². The summed E-state index contributed by atoms with van der Waals surface area (Å²) in [5, 5.41) is 4.53. The van der Waals surface area contributed by atoms with Crippen LogP contribution in [-0.2, 0) is 12.8 Å². The van der Waals surface area contributed by atoms with Crippen molar-refractivity contribution < 1.29 is 0 Å². The Labute approximate surface area is 133 Å². The number of hydrogen-bond donors (Lipinski definition) is 1. The molecule has 1 N–H and O–H groups in total. The molecule has 0 aliphatic rings. The summed E-state index contributed by atoms with van der Waals surface area (Å²) in [5.41, 5.74) is 0. The van der Waals surface area contributed by atoms with Gasteiger partial charge in [0.2, 0.25) is 0 Å². The van der Waals surface area contributed by atoms with Crippen LogP contribution in [0.15, 0.2) is 23.8 Å². The van der Waals surface area contributed by atoms with Gasteiger partial charge in [-0.25, -0.2) is 4.98 Å². The lowest BCUT2D eigenvalue weighted by Crippen LogP contribution is -2.39. The molecule has 1 rings (SSSR count). The molecule has 0 spiro atoms. The average molecular weight is 308 g/mol. The van der Waals surface area contributed by atoms with Crippen molar-refractivity contribution in [3.8, 4) is 0 Å². The Balaban J connectivity index is 2.47. The predicted octanol–water partition coefficient (Wildman–Crippen LogP) is 3.11. The Hall–Kier alpha value is -1.36. The summed E-state index contributed by atoms with van der Waals surface area (Å²) in [5.74, 6) is 0.980. The van der Waals surface area contributed by atoms with Gasteiger partial charge in [-0.2, -0.15) is 0 Å². The van der Waals surface area contributed by atoms with Crippen LogP contribution in [0.2, 0.25) is 0 Å². The fraction of sp³-hybridized carbons (Fsp3) is 0.625. The van der Waals surface area contributed by atoms with E-state index in [0.29, 0.717) is 0 Å². The zero-order valence-corrected chi connectivity index (χ0v) is 14.4. The molecule has 1 heterocycles. The van der Waals surface area contributed by atoms with Crippen LogP contribution in [0, 0.1) is 0 Å². The summed E-state index contributed by atoms with van der Waals surface area (Å²) < 4.78 is 0. The van der Waals surface area contributed by atoms with Gasteiger partial charge in [-0.1, -0.05) is 13.0 Å². The molecule has 21 heavy (non-hydrogen) atoms. The number of aryl methyl sites for hydroxylation is 1. The predicted molar refractivity (Wildman–Crippen MR) is 93.2 cm³/mol. The van der Waals surface area contributed by atoms with E-state index in [4.69, 9.17) is 4.99 Å². The first-order chi connectivity index (χ1) is 10.2. The van der Waals surface area contributed by atoms with Crippen LogP contribution >= 0.6 is 11.3 Å². The largest absolute Gasteiger partial charge is 0.357 e. The lowest BCUT2D eigenvalue weighted by Gasteiger charge is -2.21. The van der Waals surface area contributed by atoms with Crippen molar-refractivity contribution >= 4 is 17.3 Å². The van der Waals surface area contributed by atoms with Gasteiger partial charge in [-0.3, -0.25) is 4.99 Å². The number of rotatable bonds is 9. The molecule has 1 aromatic heterocycles. The third-order valence-corrected chi connectivity index (χ3v) is 4.34. The first-order valence-electron chi connectivity index (χ1n) is 7.75. The quantitative estimate of drug-likeness (QED) is 0.330. The third kappa shape index (κ3) is 6.76. The maximum absolute atomic E-state index is 4.69. The van der Waals surface area contributed by atoms with Crippen LogP contribution in [-0.4, -0.2) is 42.5 Å². The maximum Gasteiger partial charge on any atom is 0.193 e. The monoisotopic (exact) mass is 308 g/mol. The van der Waals surface area contributed by atoms with E-state index in [9.17, 15) is 0 Å². The molecule has 118 valence electrons. The summed E-state index contributed by atoms with van der Waals surface area (Å²) in [6.45, 7) is 10.7. The highest BCUT2D eigenvalue weighted by Crippen LogP contribution is 2.13. The molecule has 0 saturated carbocycles. The molecule has 4 nitrogen and oxygen atoms in total. The van der Waals surface area contributed by atoms with Gasteiger partial charge < -0.3 is 10.2 Å². The van der Waals surface area contributed by atoms with E-state index in [1.165, 1.54) is 9.88 Å². The van der Waals surface area contributed by atoms with Crippen LogP contribution in [0.3, 0.4) is 0 Å². The van der Waals surface area contributed by atoms with Gasteiger partial charge >= 0.3 is 0 Å². The molecule has 0 bridgehead atoms. The molecule has 0 atom stereocenters. The van der Waals surface area contributed by atoms with Crippen molar-refractivity contribution in [3.63, 3.8) is 0 Å². The molecule has 0 aliphatic heterocycles. The van der Waals surface area contributed by atoms with Crippen LogP contribution in [0.1, 0.15) is 36.6 Å². The standard InChI is InChI=1S/C16H28N4S/c1-5-8-9-12-20(4)16(17-7-3)18-11-10-15-19-13-14(6-2)21-15/h5,13H,1,6-12H2,2-4H3,(H,17,18). The number of aromatic nitrogens is 1. The van der Waals surface area contributed by atoms with Gasteiger partial charge in [0.05, 0.1) is 5.01 Å². The Bertz CT molecular complexity index is 439. The molecule has 0 amide bonds. The Morgan fingerprint density at radius 3 is 2.95 bits per heavy atom. The van der Waals surface area contributed by atoms with Crippen molar-refractivity contribution in [1.29, 1.82) is 0 Å². The number of nitrogens with zero attached hydrogens (tertiary/aromatic N) is 3. The molecular weight excluding hydrogens is 280 g/mol. The number of thiazole rings is 1. The van der Waals surface area contributed by atoms with Gasteiger partial charge in [0.25, 0.3) is 0 Å². The van der Waals surface area contributed by atoms with Gasteiger partial charge in [-0.15, -0.1) is 17.9 Å². The fourth-order valence-corrected chi connectivity index (χ4v) is 2.78. The molecule has 5 heteroatoms. The minimum atomic E-state index is 0.783. The second-order valence-electron chi connectivity index (χ2n) is 4.91. The molecule has 0 radical (unpaired) electrons. The van der Waals surface area contributed by atoms with E-state index in [0.717, 1.165) is 51.3 Å². The highest BCUT2D eigenvalue weighted by molar-refractivity contribution is 7.11. The molecule has 0 saturated heterocycles. The van der Waals surface area contributed by atoms with Crippen molar-refractivity contribution in [2.24, 2.45) is 4.99 Å². The van der Waals surface area contributed by atoms with Crippen LogP contribution in [0.4, 0.5) is 0 Å². The summed E-state index contributed by atoms with van der Waals surface area (Å²) in [4.78, 5) is 12.7. The summed E-state index contributed by atoms with van der Waals surface area (Å²) in [6.07, 6.45) is 8.08. The van der Waals surface area contributed by atoms with E-state index in [1.54, 1.807) is 11.3 Å². The third-order valence-electron chi connectivity index (χ3n) is 3.14. The Morgan fingerprint density at radius 2 is 2.33 bits per heavy atom. The van der Waals surface area contributed by atoms with Crippen molar-refractivity contribution in [3.05, 3.63) is 28.7 Å². The Kier molecular flexibility index (Phi) is 8.74. The lowest BCUT2D eigenvalue weighted by atomic mass is 10.3. The van der Waals surface area contributed by atoms with E-state index in [-0.39, 0.29) is 0 Å². The van der Waals surface area contributed by atoms with Crippen LogP contribution in [0.5, 0.6) is 0 Å². The lowest BCUT2D eigenvalue weighted by molar-refractivity contribution is 0.470. The van der Waals surface area contributed by atoms with Crippen molar-refractivity contribution in [2.45, 2.75) is 39.5 Å². The number of aliphatic imine (C=N–C) groups is 1. The van der Waals surface area contributed by atoms with Gasteiger partial charge in [0, 0.05) is 44.2 Å². The number of unbranched alkanes of at least 4 members (excludes halogenated alkanes) is 1. The van der Waals surface area contributed by atoms with E-state index in [1.807, 2.05) is 12.3 Å². The van der Waals surface area contributed by atoms with E-state index < -0.39 is 0 Å². The summed E-state index contributed by atoms with van der Waals surface area (Å²) >= 11 is 1.80. The van der Waals surface area contributed by atoms with Crippen molar-refractivity contribution in [2.75, 3.05) is 26.7 Å². The zero-order valence-electron chi connectivity index (χ0n) is 13.6. The number of allylic oxidation sites excluding steroid dienone is 1. The fourth-order valence-electron chi connectivity index (χ4n) is 1.93. The highest BCUT2D eigenvalue weighted by atomic mass is 32.1. The van der Waals surface area contributed by atoms with Gasteiger partial charge in [0.15, 0.2) is 5.96 Å². The number of hydrogen-bond acceptors (Lipinski definition) is 3. The number of nitrogens with one attached hydrogen (secondary N) is 1.